The van der Waals surface area contributed by atoms with Crippen LogP contribution in [0.4, 0.5) is 4.79 Å². The number of carbonyl (C=O) groups is 2. The van der Waals surface area contributed by atoms with Crippen LogP contribution in [0.5, 0.6) is 0 Å². The van der Waals surface area contributed by atoms with Crippen LogP contribution in [0.2, 0.25) is 0 Å². The lowest BCUT2D eigenvalue weighted by atomic mass is 9.88. The van der Waals surface area contributed by atoms with Crippen LogP contribution in [-0.4, -0.2) is 38.4 Å². The maximum Gasteiger partial charge on any atom is 0.417 e. The summed E-state index contributed by atoms with van der Waals surface area (Å²) in [6.07, 6.45) is -2.42. The van der Waals surface area contributed by atoms with Crippen molar-refractivity contribution in [3.8, 4) is 22.5 Å². The van der Waals surface area contributed by atoms with E-state index in [1.54, 1.807) is 19.9 Å². The summed E-state index contributed by atoms with van der Waals surface area (Å²) < 4.78 is 17.6. The first kappa shape index (κ1) is 30.0. The summed E-state index contributed by atoms with van der Waals surface area (Å²) in [5.41, 5.74) is 1.43. The number of cyclic esters (lactones) is 1. The predicted octanol–water partition coefficient (Wildman–Crippen LogP) is 7.52. The van der Waals surface area contributed by atoms with Crippen LogP contribution in [0.3, 0.4) is 0 Å². The van der Waals surface area contributed by atoms with Crippen LogP contribution in [0.25, 0.3) is 22.5 Å². The van der Waals surface area contributed by atoms with Gasteiger partial charge < -0.3 is 19.1 Å². The Bertz CT molecular complexity index is 1770. The second kappa shape index (κ2) is 12.1. The number of aliphatic hydroxyl groups excluding tert-OH is 1. The van der Waals surface area contributed by atoms with Gasteiger partial charge in [-0.1, -0.05) is 120 Å². The van der Waals surface area contributed by atoms with Crippen molar-refractivity contribution in [2.45, 2.75) is 50.7 Å². The van der Waals surface area contributed by atoms with Gasteiger partial charge in [0, 0.05) is 11.6 Å². The van der Waals surface area contributed by atoms with E-state index in [9.17, 15) is 14.7 Å². The molecule has 1 aliphatic rings. The zero-order valence-corrected chi connectivity index (χ0v) is 25.3. The second-order valence-electron chi connectivity index (χ2n) is 11.8. The Balaban J connectivity index is 1.35. The molecule has 2 heterocycles. The Morgan fingerprint density at radius 2 is 1.44 bits per heavy atom. The van der Waals surface area contributed by atoms with Gasteiger partial charge in [-0.2, -0.15) is 0 Å². The molecule has 8 nitrogen and oxygen atoms in total. The van der Waals surface area contributed by atoms with Gasteiger partial charge in [-0.25, -0.2) is 9.69 Å². The average Bonchev–Trinajstić information content (AvgIpc) is 3.66. The van der Waals surface area contributed by atoms with Crippen LogP contribution < -0.4 is 0 Å². The van der Waals surface area contributed by atoms with Crippen LogP contribution in [0.15, 0.2) is 126 Å². The Hall–Kier alpha value is -5.05. The number of imide groups is 1. The molecule has 45 heavy (non-hydrogen) atoms. The van der Waals surface area contributed by atoms with E-state index >= 15 is 0 Å². The van der Waals surface area contributed by atoms with Crippen molar-refractivity contribution < 1.29 is 28.7 Å². The number of hydrogen-bond donors (Lipinski definition) is 1. The third kappa shape index (κ3) is 5.90. The molecule has 1 aromatic heterocycles. The summed E-state index contributed by atoms with van der Waals surface area (Å²) in [5, 5.41) is 15.9. The number of benzene rings is 4. The van der Waals surface area contributed by atoms with Gasteiger partial charge in [0.25, 0.3) is 5.91 Å². The molecule has 6 rings (SSSR count). The summed E-state index contributed by atoms with van der Waals surface area (Å²) in [6.45, 7) is 4.95. The highest BCUT2D eigenvalue weighted by molar-refractivity contribution is 5.99. The molecule has 1 aliphatic heterocycles. The number of amides is 2. The highest BCUT2D eigenvalue weighted by atomic mass is 16.6. The molecule has 1 fully saturated rings. The smallest absolute Gasteiger partial charge is 0.417 e. The highest BCUT2D eigenvalue weighted by Gasteiger charge is 2.57. The maximum atomic E-state index is 14.6. The van der Waals surface area contributed by atoms with Gasteiger partial charge in [-0.15, -0.1) is 0 Å². The summed E-state index contributed by atoms with van der Waals surface area (Å²) in [5.74, 6) is -0.343. The fourth-order valence-corrected chi connectivity index (χ4v) is 5.72. The van der Waals surface area contributed by atoms with Crippen molar-refractivity contribution in [2.75, 3.05) is 0 Å². The van der Waals surface area contributed by atoms with E-state index < -0.39 is 35.3 Å². The molecule has 0 spiro atoms. The number of aliphatic hydroxyl groups is 1. The maximum absolute atomic E-state index is 14.6. The van der Waals surface area contributed by atoms with E-state index in [4.69, 9.17) is 14.0 Å². The van der Waals surface area contributed by atoms with E-state index in [1.165, 1.54) is 6.92 Å². The highest BCUT2D eigenvalue weighted by Crippen LogP contribution is 2.44. The lowest BCUT2D eigenvalue weighted by Gasteiger charge is -2.37. The Morgan fingerprint density at radius 3 is 2.07 bits per heavy atom. The molecule has 1 saturated heterocycles. The number of nitrogens with zero attached hydrogens (tertiary/aromatic N) is 2. The number of rotatable bonds is 9. The molecule has 1 N–H and O–H groups in total. The summed E-state index contributed by atoms with van der Waals surface area (Å²) >= 11 is 0. The first-order valence-electron chi connectivity index (χ1n) is 14.8. The normalized spacial score (nSPS) is 17.8. The van der Waals surface area contributed by atoms with Gasteiger partial charge in [-0.3, -0.25) is 4.79 Å². The van der Waals surface area contributed by atoms with Gasteiger partial charge in [0.05, 0.1) is 6.61 Å². The minimum atomic E-state index is -1.96. The lowest BCUT2D eigenvalue weighted by molar-refractivity contribution is -0.175. The summed E-state index contributed by atoms with van der Waals surface area (Å²) in [4.78, 5) is 29.0. The monoisotopic (exact) mass is 602 g/mol. The minimum Gasteiger partial charge on any atom is -0.440 e. The molecule has 4 aromatic carbocycles. The molecular formula is C37H34N2O6. The Morgan fingerprint density at radius 1 is 0.889 bits per heavy atom. The number of ether oxygens (including phenoxy) is 2. The molecule has 3 atom stereocenters. The second-order valence-corrected chi connectivity index (χ2v) is 11.8. The summed E-state index contributed by atoms with van der Waals surface area (Å²) in [7, 11) is 0. The van der Waals surface area contributed by atoms with Gasteiger partial charge in [-0.05, 0) is 43.0 Å². The lowest BCUT2D eigenvalue weighted by Crippen LogP contribution is -2.54. The van der Waals surface area contributed by atoms with Gasteiger partial charge >= 0.3 is 6.09 Å². The summed E-state index contributed by atoms with van der Waals surface area (Å²) in [6, 6.07) is 37.0. The van der Waals surface area contributed by atoms with Crippen molar-refractivity contribution >= 4 is 12.0 Å². The first-order valence-corrected chi connectivity index (χ1v) is 14.8. The third-order valence-electron chi connectivity index (χ3n) is 8.21. The zero-order chi connectivity index (χ0) is 31.6. The van der Waals surface area contributed by atoms with Crippen molar-refractivity contribution in [3.63, 3.8) is 0 Å². The van der Waals surface area contributed by atoms with Crippen LogP contribution >= 0.6 is 0 Å². The van der Waals surface area contributed by atoms with Crippen molar-refractivity contribution in [1.82, 2.24) is 10.1 Å². The predicted molar refractivity (Wildman–Crippen MR) is 169 cm³/mol. The van der Waals surface area contributed by atoms with E-state index in [0.717, 1.165) is 27.2 Å². The fraction of sp³-hybridized carbons (Fsp3) is 0.216. The number of carbonyl (C=O) groups excluding carboxylic acids is 2. The molecule has 0 radical (unpaired) electrons. The molecule has 5 aromatic rings. The molecule has 0 unspecified atom stereocenters. The standard InChI is InChI=1S/C37H34N2O6/c1-36(2)32(29-17-11-6-12-18-29)39(35(42)44-36)34(41)37(3,33(40)30-23-31(45-38-30)28-15-9-5-10-16-28)43-24-25-19-21-27(22-20-25)26-13-7-4-8-14-26/h4-23,32-33,40H,24H2,1-3H3/t32-,33-,37-/m0/s1. The molecule has 0 saturated carbocycles. The van der Waals surface area contributed by atoms with Gasteiger partial charge in [0.2, 0.25) is 0 Å². The van der Waals surface area contributed by atoms with Gasteiger partial charge in [0.1, 0.15) is 23.4 Å². The zero-order valence-electron chi connectivity index (χ0n) is 25.3. The largest absolute Gasteiger partial charge is 0.440 e. The molecular weight excluding hydrogens is 568 g/mol. The third-order valence-corrected chi connectivity index (χ3v) is 8.21. The first-order chi connectivity index (χ1) is 21.7. The van der Waals surface area contributed by atoms with Crippen LogP contribution in [-0.2, 0) is 20.9 Å². The van der Waals surface area contributed by atoms with E-state index in [0.29, 0.717) is 11.3 Å². The van der Waals surface area contributed by atoms with Crippen LogP contribution in [0, 0.1) is 0 Å². The van der Waals surface area contributed by atoms with Crippen molar-refractivity contribution in [1.29, 1.82) is 0 Å². The Labute approximate surface area is 261 Å². The molecule has 2 amide bonds. The SMILES string of the molecule is CC1(C)OC(=O)N(C(=O)[C@@](C)(OCc2ccc(-c3ccccc3)cc2)[C@@H](O)c2cc(-c3ccccc3)on2)[C@H]1c1ccccc1. The van der Waals surface area contributed by atoms with E-state index in [-0.39, 0.29) is 12.3 Å². The number of hydrogen-bond acceptors (Lipinski definition) is 7. The molecule has 0 aliphatic carbocycles. The topological polar surface area (TPSA) is 102 Å². The van der Waals surface area contributed by atoms with E-state index in [1.807, 2.05) is 115 Å². The van der Waals surface area contributed by atoms with Crippen molar-refractivity contribution in [3.05, 3.63) is 138 Å². The van der Waals surface area contributed by atoms with Crippen molar-refractivity contribution in [2.24, 2.45) is 0 Å². The number of aromatic nitrogens is 1. The van der Waals surface area contributed by atoms with Gasteiger partial charge in [0.15, 0.2) is 11.4 Å². The fourth-order valence-electron chi connectivity index (χ4n) is 5.72. The Kier molecular flexibility index (Phi) is 8.10. The average molecular weight is 603 g/mol. The molecule has 0 bridgehead atoms. The van der Waals surface area contributed by atoms with E-state index in [2.05, 4.69) is 5.16 Å². The molecule has 228 valence electrons. The van der Waals surface area contributed by atoms with Crippen LogP contribution in [0.1, 0.15) is 49.7 Å². The quantitative estimate of drug-likeness (QED) is 0.186. The molecule has 8 heteroatoms. The minimum absolute atomic E-state index is 0.0277.